The van der Waals surface area contributed by atoms with Gasteiger partial charge in [0, 0.05) is 5.92 Å². The van der Waals surface area contributed by atoms with E-state index in [0.717, 1.165) is 25.9 Å². The molecule has 14 heavy (non-hydrogen) atoms. The Morgan fingerprint density at radius 2 is 1.86 bits per heavy atom. The second kappa shape index (κ2) is 4.41. The zero-order chi connectivity index (χ0) is 10.8. The fourth-order valence-electron chi connectivity index (χ4n) is 1.90. The summed E-state index contributed by atoms with van der Waals surface area (Å²) in [6, 6.07) is 0. The van der Waals surface area contributed by atoms with E-state index in [9.17, 15) is 4.79 Å². The van der Waals surface area contributed by atoms with Crippen LogP contribution in [-0.2, 0) is 4.79 Å². The van der Waals surface area contributed by atoms with Crippen LogP contribution in [0.3, 0.4) is 0 Å². The molecule has 0 amide bonds. The Balaban J connectivity index is 2.54. The van der Waals surface area contributed by atoms with Gasteiger partial charge in [0.2, 0.25) is 0 Å². The van der Waals surface area contributed by atoms with Crippen molar-refractivity contribution in [1.29, 1.82) is 0 Å². The lowest BCUT2D eigenvalue weighted by Gasteiger charge is -2.33. The van der Waals surface area contributed by atoms with Gasteiger partial charge in [-0.3, -0.25) is 4.79 Å². The van der Waals surface area contributed by atoms with E-state index in [1.807, 2.05) is 20.9 Å². The number of carbonyl (C=O) groups is 1. The molecule has 1 fully saturated rings. The maximum Gasteiger partial charge on any atom is 0.155 e. The molecule has 1 rings (SSSR count). The molecule has 0 radical (unpaired) electrons. The van der Waals surface area contributed by atoms with Gasteiger partial charge in [0.1, 0.15) is 0 Å². The number of carbonyl (C=O) groups excluding carboxylic acids is 1. The van der Waals surface area contributed by atoms with Gasteiger partial charge in [-0.05, 0) is 53.9 Å². The number of nitrogens with one attached hydrogen (secondary N) is 1. The largest absolute Gasteiger partial charge is 0.308 e. The lowest BCUT2D eigenvalue weighted by atomic mass is 9.83. The van der Waals surface area contributed by atoms with E-state index in [1.165, 1.54) is 0 Å². The average molecular weight is 198 g/mol. The average Bonchev–Trinajstić information content (AvgIpc) is 2.18. The fraction of sp³-hybridized carbons (Fsp3) is 0.909. The minimum Gasteiger partial charge on any atom is -0.308 e. The number of ketones is 1. The molecular weight excluding hydrogens is 176 g/mol. The summed E-state index contributed by atoms with van der Waals surface area (Å²) in [6.07, 6.45) is 2.03. The number of hydrogen-bond acceptors (Lipinski definition) is 3. The third-order valence-corrected chi connectivity index (χ3v) is 3.33. The number of likely N-dealkylation sites (N-methyl/N-ethyl adjacent to an activating group) is 1. The van der Waals surface area contributed by atoms with Gasteiger partial charge in [0.15, 0.2) is 5.78 Å². The molecule has 0 aromatic carbocycles. The highest BCUT2D eigenvalue weighted by atomic mass is 16.1. The van der Waals surface area contributed by atoms with Gasteiger partial charge >= 0.3 is 0 Å². The number of nitrogens with zero attached hydrogens (tertiary/aromatic N) is 1. The Bertz CT molecular complexity index is 205. The first-order valence-electron chi connectivity index (χ1n) is 5.39. The van der Waals surface area contributed by atoms with Crippen LogP contribution in [0.2, 0.25) is 0 Å². The molecule has 3 nitrogen and oxygen atoms in total. The Hall–Kier alpha value is -0.410. The van der Waals surface area contributed by atoms with Crippen molar-refractivity contribution >= 4 is 5.78 Å². The molecule has 0 saturated carbocycles. The molecule has 1 aliphatic rings. The SMILES string of the molecule is CNC(C)(C)C(=O)C1CCN(C)CC1. The van der Waals surface area contributed by atoms with E-state index < -0.39 is 0 Å². The van der Waals surface area contributed by atoms with E-state index in [4.69, 9.17) is 0 Å². The quantitative estimate of drug-likeness (QED) is 0.731. The molecule has 3 heteroatoms. The van der Waals surface area contributed by atoms with Crippen LogP contribution in [0, 0.1) is 5.92 Å². The third kappa shape index (κ3) is 2.55. The molecule has 1 saturated heterocycles. The minimum atomic E-state index is -0.361. The van der Waals surface area contributed by atoms with E-state index in [-0.39, 0.29) is 11.5 Å². The third-order valence-electron chi connectivity index (χ3n) is 3.33. The molecule has 82 valence electrons. The highest BCUT2D eigenvalue weighted by Crippen LogP contribution is 2.22. The summed E-state index contributed by atoms with van der Waals surface area (Å²) in [5.74, 6) is 0.627. The van der Waals surface area contributed by atoms with Crippen LogP contribution in [0.4, 0.5) is 0 Å². The number of hydrogen-bond donors (Lipinski definition) is 1. The number of piperidine rings is 1. The van der Waals surface area contributed by atoms with Crippen LogP contribution in [0.15, 0.2) is 0 Å². The maximum atomic E-state index is 12.1. The highest BCUT2D eigenvalue weighted by Gasteiger charge is 2.33. The normalized spacial score (nSPS) is 21.1. The summed E-state index contributed by atoms with van der Waals surface area (Å²) < 4.78 is 0. The predicted octanol–water partition coefficient (Wildman–Crippen LogP) is 0.895. The van der Waals surface area contributed by atoms with Gasteiger partial charge in [-0.15, -0.1) is 0 Å². The molecule has 0 spiro atoms. The lowest BCUT2D eigenvalue weighted by Crippen LogP contribution is -2.49. The van der Waals surface area contributed by atoms with Crippen LogP contribution >= 0.6 is 0 Å². The summed E-state index contributed by atoms with van der Waals surface area (Å²) >= 11 is 0. The Morgan fingerprint density at radius 1 is 1.36 bits per heavy atom. The van der Waals surface area contributed by atoms with Crippen LogP contribution in [-0.4, -0.2) is 43.4 Å². The van der Waals surface area contributed by atoms with Crippen molar-refractivity contribution in [3.05, 3.63) is 0 Å². The topological polar surface area (TPSA) is 32.3 Å². The maximum absolute atomic E-state index is 12.1. The van der Waals surface area contributed by atoms with Crippen molar-refractivity contribution in [2.24, 2.45) is 5.92 Å². The standard InChI is InChI=1S/C11H22N2O/c1-11(2,12-3)10(14)9-5-7-13(4)8-6-9/h9,12H,5-8H2,1-4H3. The molecule has 0 aliphatic carbocycles. The van der Waals surface area contributed by atoms with Crippen molar-refractivity contribution in [1.82, 2.24) is 10.2 Å². The molecule has 0 aromatic heterocycles. The van der Waals surface area contributed by atoms with Crippen molar-refractivity contribution < 1.29 is 4.79 Å². The minimum absolute atomic E-state index is 0.258. The predicted molar refractivity (Wildman–Crippen MR) is 58.4 cm³/mol. The first kappa shape index (κ1) is 11.7. The lowest BCUT2D eigenvalue weighted by molar-refractivity contribution is -0.129. The second-order valence-corrected chi connectivity index (χ2v) is 4.82. The molecule has 1 heterocycles. The molecule has 0 bridgehead atoms. The second-order valence-electron chi connectivity index (χ2n) is 4.82. The summed E-state index contributed by atoms with van der Waals surface area (Å²) in [4.78, 5) is 14.4. The van der Waals surface area contributed by atoms with Crippen LogP contribution in [0.25, 0.3) is 0 Å². The van der Waals surface area contributed by atoms with E-state index in [0.29, 0.717) is 5.78 Å². The number of rotatable bonds is 3. The van der Waals surface area contributed by atoms with Crippen LogP contribution < -0.4 is 5.32 Å². The zero-order valence-corrected chi connectivity index (χ0v) is 9.76. The number of likely N-dealkylation sites (tertiary alicyclic amines) is 1. The van der Waals surface area contributed by atoms with Gasteiger partial charge in [0.25, 0.3) is 0 Å². The van der Waals surface area contributed by atoms with E-state index >= 15 is 0 Å². The first-order valence-corrected chi connectivity index (χ1v) is 5.39. The van der Waals surface area contributed by atoms with Crippen LogP contribution in [0.1, 0.15) is 26.7 Å². The first-order chi connectivity index (χ1) is 6.47. The van der Waals surface area contributed by atoms with Crippen molar-refractivity contribution in [2.75, 3.05) is 27.2 Å². The summed E-state index contributed by atoms with van der Waals surface area (Å²) in [7, 11) is 3.97. The molecule has 1 N–H and O–H groups in total. The number of Topliss-reactive ketones (excluding diaryl/α,β-unsaturated/α-hetero) is 1. The monoisotopic (exact) mass is 198 g/mol. The Labute approximate surface area is 86.9 Å². The molecule has 0 unspecified atom stereocenters. The smallest absolute Gasteiger partial charge is 0.155 e. The Kier molecular flexibility index (Phi) is 3.67. The van der Waals surface area contributed by atoms with Crippen molar-refractivity contribution in [2.45, 2.75) is 32.2 Å². The van der Waals surface area contributed by atoms with Gasteiger partial charge < -0.3 is 10.2 Å². The fourth-order valence-corrected chi connectivity index (χ4v) is 1.90. The van der Waals surface area contributed by atoms with Crippen molar-refractivity contribution in [3.63, 3.8) is 0 Å². The van der Waals surface area contributed by atoms with Gasteiger partial charge in [0.05, 0.1) is 5.54 Å². The highest BCUT2D eigenvalue weighted by molar-refractivity contribution is 5.89. The van der Waals surface area contributed by atoms with Gasteiger partial charge in [-0.1, -0.05) is 0 Å². The Morgan fingerprint density at radius 3 is 2.29 bits per heavy atom. The van der Waals surface area contributed by atoms with E-state index in [1.54, 1.807) is 0 Å². The zero-order valence-electron chi connectivity index (χ0n) is 9.76. The summed E-state index contributed by atoms with van der Waals surface area (Å²) in [6.45, 7) is 6.04. The van der Waals surface area contributed by atoms with Crippen molar-refractivity contribution in [3.8, 4) is 0 Å². The molecule has 0 aromatic rings. The summed E-state index contributed by atoms with van der Waals surface area (Å²) in [5, 5.41) is 3.09. The molecule has 1 aliphatic heterocycles. The summed E-state index contributed by atoms with van der Waals surface area (Å²) in [5.41, 5.74) is -0.361. The van der Waals surface area contributed by atoms with Gasteiger partial charge in [-0.25, -0.2) is 0 Å². The van der Waals surface area contributed by atoms with Crippen LogP contribution in [0.5, 0.6) is 0 Å². The van der Waals surface area contributed by atoms with Gasteiger partial charge in [-0.2, -0.15) is 0 Å². The molecule has 0 atom stereocenters. The van der Waals surface area contributed by atoms with E-state index in [2.05, 4.69) is 17.3 Å². The molecular formula is C11H22N2O.